The number of carbonyl (C=O) groups is 2. The summed E-state index contributed by atoms with van der Waals surface area (Å²) in [6.07, 6.45) is 0. The van der Waals surface area contributed by atoms with Crippen LogP contribution in [-0.4, -0.2) is 16.9 Å². The average molecular weight is 281 g/mol. The van der Waals surface area contributed by atoms with Crippen molar-refractivity contribution < 1.29 is 14.4 Å². The van der Waals surface area contributed by atoms with Gasteiger partial charge in [0, 0.05) is 13.8 Å². The molecule has 3 rings (SSSR count). The van der Waals surface area contributed by atoms with Crippen LogP contribution >= 0.6 is 0 Å². The van der Waals surface area contributed by atoms with Gasteiger partial charge >= 0.3 is 5.97 Å². The predicted molar refractivity (Wildman–Crippen MR) is 78.0 cm³/mol. The molecular weight excluding hydrogens is 266 g/mol. The van der Waals surface area contributed by atoms with Gasteiger partial charge in [0.1, 0.15) is 6.04 Å². The molecule has 0 N–H and O–H groups in total. The van der Waals surface area contributed by atoms with Crippen LogP contribution in [0.3, 0.4) is 0 Å². The van der Waals surface area contributed by atoms with Crippen LogP contribution in [0.5, 0.6) is 0 Å². The first-order chi connectivity index (χ1) is 10.1. The first-order valence-electron chi connectivity index (χ1n) is 6.76. The number of benzene rings is 2. The summed E-state index contributed by atoms with van der Waals surface area (Å²) in [4.78, 5) is 28.4. The monoisotopic (exact) mass is 281 g/mol. The van der Waals surface area contributed by atoms with Crippen LogP contribution in [0, 0.1) is 0 Å². The molecule has 0 aromatic heterocycles. The topological polar surface area (TPSA) is 46.6 Å². The first-order valence-corrected chi connectivity index (χ1v) is 6.76. The zero-order valence-corrected chi connectivity index (χ0v) is 11.9. The third-order valence-corrected chi connectivity index (χ3v) is 3.57. The number of nitrogens with zero attached hydrogens (tertiary/aromatic N) is 1. The predicted octanol–water partition coefficient (Wildman–Crippen LogP) is 3.08. The van der Waals surface area contributed by atoms with Crippen molar-refractivity contribution in [1.29, 1.82) is 0 Å². The van der Waals surface area contributed by atoms with Crippen LogP contribution in [0.15, 0.2) is 48.5 Å². The number of amides is 1. The molecule has 0 aliphatic heterocycles. The number of rotatable bonds is 1. The quantitative estimate of drug-likeness (QED) is 0.755. The van der Waals surface area contributed by atoms with Crippen LogP contribution in [-0.2, 0) is 14.4 Å². The number of carbonyl (C=O) groups excluding carboxylic acids is 2. The van der Waals surface area contributed by atoms with E-state index in [9.17, 15) is 9.59 Å². The van der Waals surface area contributed by atoms with Crippen molar-refractivity contribution in [3.05, 3.63) is 59.7 Å². The van der Waals surface area contributed by atoms with E-state index < -0.39 is 12.0 Å². The summed E-state index contributed by atoms with van der Waals surface area (Å²) in [5.74, 6) is -0.811. The third-order valence-electron chi connectivity index (χ3n) is 3.57. The highest BCUT2D eigenvalue weighted by molar-refractivity contribution is 5.82. The molecule has 2 aromatic rings. The van der Waals surface area contributed by atoms with Gasteiger partial charge in [-0.25, -0.2) is 0 Å². The second kappa shape index (κ2) is 5.05. The lowest BCUT2D eigenvalue weighted by atomic mass is 10.1. The van der Waals surface area contributed by atoms with E-state index in [1.165, 1.54) is 13.8 Å². The number of hydrogen-bond acceptors (Lipinski definition) is 3. The first kappa shape index (κ1) is 13.4. The van der Waals surface area contributed by atoms with E-state index in [2.05, 4.69) is 0 Å². The zero-order valence-electron chi connectivity index (χ0n) is 11.9. The molecule has 2 aromatic carbocycles. The van der Waals surface area contributed by atoms with Crippen molar-refractivity contribution in [3.63, 3.8) is 0 Å². The molecule has 0 bridgehead atoms. The summed E-state index contributed by atoms with van der Waals surface area (Å²) in [6, 6.07) is 15.3. The Morgan fingerprint density at radius 3 is 1.81 bits per heavy atom. The molecule has 4 heteroatoms. The maximum Gasteiger partial charge on any atom is 0.329 e. The molecule has 1 amide bonds. The van der Waals surface area contributed by atoms with Gasteiger partial charge in [-0.3, -0.25) is 9.59 Å². The van der Waals surface area contributed by atoms with Gasteiger partial charge < -0.3 is 4.84 Å². The molecule has 106 valence electrons. The van der Waals surface area contributed by atoms with Crippen LogP contribution in [0.4, 0.5) is 0 Å². The summed E-state index contributed by atoms with van der Waals surface area (Å²) >= 11 is 0. The molecule has 0 radical (unpaired) electrons. The van der Waals surface area contributed by atoms with Gasteiger partial charge in [-0.15, -0.1) is 0 Å². The van der Waals surface area contributed by atoms with Crippen LogP contribution in [0.25, 0.3) is 11.1 Å². The summed E-state index contributed by atoms with van der Waals surface area (Å²) in [5.41, 5.74) is 4.07. The average Bonchev–Trinajstić information content (AvgIpc) is 2.79. The van der Waals surface area contributed by atoms with Gasteiger partial charge in [-0.2, -0.15) is 5.06 Å². The normalized spacial score (nSPS) is 12.5. The standard InChI is InChI=1S/C17H15NO3/c1-11(19)18(21-12(2)20)17-15-9-5-3-7-13(15)14-8-4-6-10-16(14)17/h3-10,17H,1-2H3. The zero-order chi connectivity index (χ0) is 15.0. The Hall–Kier alpha value is -2.62. The molecule has 0 unspecified atom stereocenters. The van der Waals surface area contributed by atoms with Crippen molar-refractivity contribution in [2.75, 3.05) is 0 Å². The Bertz CT molecular complexity index is 678. The van der Waals surface area contributed by atoms with Crippen molar-refractivity contribution in [2.24, 2.45) is 0 Å². The lowest BCUT2D eigenvalue weighted by Crippen LogP contribution is -2.34. The molecule has 0 saturated carbocycles. The maximum atomic E-state index is 11.9. The van der Waals surface area contributed by atoms with Crippen molar-refractivity contribution in [1.82, 2.24) is 5.06 Å². The maximum absolute atomic E-state index is 11.9. The van der Waals surface area contributed by atoms with Crippen molar-refractivity contribution >= 4 is 11.9 Å². The molecule has 0 saturated heterocycles. The van der Waals surface area contributed by atoms with E-state index in [1.807, 2.05) is 48.5 Å². The molecule has 0 heterocycles. The Balaban J connectivity index is 2.17. The van der Waals surface area contributed by atoms with E-state index in [0.29, 0.717) is 0 Å². The van der Waals surface area contributed by atoms with Gasteiger partial charge in [0.05, 0.1) is 0 Å². The highest BCUT2D eigenvalue weighted by Gasteiger charge is 2.36. The summed E-state index contributed by atoms with van der Waals surface area (Å²) in [6.45, 7) is 2.69. The fourth-order valence-electron chi connectivity index (χ4n) is 2.82. The van der Waals surface area contributed by atoms with E-state index in [-0.39, 0.29) is 5.91 Å². The summed E-state index contributed by atoms with van der Waals surface area (Å²) < 4.78 is 0. The van der Waals surface area contributed by atoms with Crippen LogP contribution in [0.2, 0.25) is 0 Å². The Kier molecular flexibility index (Phi) is 3.22. The van der Waals surface area contributed by atoms with Gasteiger partial charge in [0.15, 0.2) is 0 Å². The molecule has 0 fully saturated rings. The van der Waals surface area contributed by atoms with Crippen LogP contribution < -0.4 is 0 Å². The van der Waals surface area contributed by atoms with Crippen LogP contribution in [0.1, 0.15) is 31.0 Å². The van der Waals surface area contributed by atoms with E-state index in [4.69, 9.17) is 4.84 Å². The number of hydrogen-bond donors (Lipinski definition) is 0. The lowest BCUT2D eigenvalue weighted by molar-refractivity contribution is -0.201. The summed E-state index contributed by atoms with van der Waals surface area (Å²) in [7, 11) is 0. The smallest absolute Gasteiger partial charge is 0.329 e. The Labute approximate surface area is 122 Å². The second-order valence-electron chi connectivity index (χ2n) is 5.00. The van der Waals surface area contributed by atoms with E-state index in [0.717, 1.165) is 27.3 Å². The van der Waals surface area contributed by atoms with Crippen molar-refractivity contribution in [3.8, 4) is 11.1 Å². The SMILES string of the molecule is CC(=O)ON(C(C)=O)C1c2ccccc2-c2ccccc21. The fraction of sp³-hybridized carbons (Fsp3) is 0.176. The van der Waals surface area contributed by atoms with Gasteiger partial charge in [0.25, 0.3) is 5.91 Å². The lowest BCUT2D eigenvalue weighted by Gasteiger charge is -2.27. The highest BCUT2D eigenvalue weighted by Crippen LogP contribution is 2.46. The minimum absolute atomic E-state index is 0.304. The second-order valence-corrected chi connectivity index (χ2v) is 5.00. The van der Waals surface area contributed by atoms with E-state index in [1.54, 1.807) is 0 Å². The number of hydroxylamine groups is 2. The molecule has 21 heavy (non-hydrogen) atoms. The molecule has 1 aliphatic carbocycles. The molecule has 4 nitrogen and oxygen atoms in total. The van der Waals surface area contributed by atoms with Gasteiger partial charge in [-0.05, 0) is 22.3 Å². The van der Waals surface area contributed by atoms with Gasteiger partial charge in [0.2, 0.25) is 0 Å². The molecule has 0 spiro atoms. The van der Waals surface area contributed by atoms with Gasteiger partial charge in [-0.1, -0.05) is 48.5 Å². The Morgan fingerprint density at radius 2 is 1.38 bits per heavy atom. The molecule has 0 atom stereocenters. The van der Waals surface area contributed by atoms with Crippen molar-refractivity contribution in [2.45, 2.75) is 19.9 Å². The number of fused-ring (bicyclic) bond motifs is 3. The fourth-order valence-corrected chi connectivity index (χ4v) is 2.82. The minimum atomic E-state index is -0.507. The third kappa shape index (κ3) is 2.18. The largest absolute Gasteiger partial charge is 0.338 e. The molecular formula is C17H15NO3. The highest BCUT2D eigenvalue weighted by atomic mass is 16.7. The van der Waals surface area contributed by atoms with E-state index >= 15 is 0 Å². The summed E-state index contributed by atoms with van der Waals surface area (Å²) in [5, 5.41) is 1.16. The molecule has 1 aliphatic rings. The minimum Gasteiger partial charge on any atom is -0.338 e. The Morgan fingerprint density at radius 1 is 0.905 bits per heavy atom.